The molecule has 2 aromatic rings. The first-order chi connectivity index (χ1) is 8.15. The smallest absolute Gasteiger partial charge is 0.142 e. The van der Waals surface area contributed by atoms with Gasteiger partial charge in [0.1, 0.15) is 11.9 Å². The third-order valence-electron chi connectivity index (χ3n) is 2.51. The summed E-state index contributed by atoms with van der Waals surface area (Å²) < 4.78 is 6.03. The lowest BCUT2D eigenvalue weighted by atomic mass is 10.1. The van der Waals surface area contributed by atoms with Crippen molar-refractivity contribution in [2.45, 2.75) is 6.10 Å². The fraction of sp³-hybridized carbons (Fsp3) is 0.167. The van der Waals surface area contributed by atoms with Gasteiger partial charge in [0.05, 0.1) is 17.7 Å². The number of anilines is 1. The van der Waals surface area contributed by atoms with E-state index in [0.717, 1.165) is 9.35 Å². The number of aliphatic hydroxyl groups excluding tert-OH is 1. The molecule has 90 valence electrons. The zero-order valence-corrected chi connectivity index (χ0v) is 11.6. The molecule has 0 fully saturated rings. The Balaban J connectivity index is 2.44. The van der Waals surface area contributed by atoms with Crippen molar-refractivity contribution in [2.24, 2.45) is 0 Å². The number of benzene rings is 1. The van der Waals surface area contributed by atoms with Crippen molar-refractivity contribution in [1.29, 1.82) is 0 Å². The van der Waals surface area contributed by atoms with E-state index in [1.54, 1.807) is 19.2 Å². The van der Waals surface area contributed by atoms with Crippen LogP contribution in [0, 0.1) is 0 Å². The van der Waals surface area contributed by atoms with E-state index < -0.39 is 6.10 Å². The van der Waals surface area contributed by atoms with Gasteiger partial charge < -0.3 is 15.6 Å². The lowest BCUT2D eigenvalue weighted by molar-refractivity contribution is 0.224. The van der Waals surface area contributed by atoms with E-state index >= 15 is 0 Å². The van der Waals surface area contributed by atoms with Crippen LogP contribution in [-0.2, 0) is 0 Å². The van der Waals surface area contributed by atoms with E-state index in [-0.39, 0.29) is 0 Å². The number of ether oxygens (including phenoxy) is 1. The molecule has 1 heterocycles. The fourth-order valence-corrected chi connectivity index (χ4v) is 3.21. The predicted octanol–water partition coefficient (Wildman–Crippen LogP) is 3.18. The minimum atomic E-state index is -0.737. The standard InChI is InChI=1S/C12H12BrNO2S/c1-16-9-4-2-3-7(10(9)14)11(15)12-8(13)5-6-17-12/h2-6,11,15H,14H2,1H3. The Bertz CT molecular complexity index is 527. The van der Waals surface area contributed by atoms with Crippen LogP contribution in [0.15, 0.2) is 34.1 Å². The summed E-state index contributed by atoms with van der Waals surface area (Å²) in [6.07, 6.45) is -0.737. The van der Waals surface area contributed by atoms with Crippen LogP contribution >= 0.6 is 27.3 Å². The third kappa shape index (κ3) is 2.31. The van der Waals surface area contributed by atoms with Crippen LogP contribution in [0.3, 0.4) is 0 Å². The Hall–Kier alpha value is -1.04. The highest BCUT2D eigenvalue weighted by atomic mass is 79.9. The van der Waals surface area contributed by atoms with Crippen molar-refractivity contribution < 1.29 is 9.84 Å². The van der Waals surface area contributed by atoms with Crippen molar-refractivity contribution in [3.63, 3.8) is 0 Å². The molecule has 0 amide bonds. The number of para-hydroxylation sites is 1. The number of methoxy groups -OCH3 is 1. The predicted molar refractivity (Wildman–Crippen MR) is 73.5 cm³/mol. The molecule has 1 aromatic carbocycles. The topological polar surface area (TPSA) is 55.5 Å². The van der Waals surface area contributed by atoms with Gasteiger partial charge in [0, 0.05) is 10.0 Å². The zero-order chi connectivity index (χ0) is 12.4. The number of nitrogens with two attached hydrogens (primary N) is 1. The molecule has 0 saturated carbocycles. The van der Waals surface area contributed by atoms with Gasteiger partial charge in [-0.05, 0) is 33.4 Å². The van der Waals surface area contributed by atoms with E-state index in [2.05, 4.69) is 15.9 Å². The molecule has 0 aliphatic rings. The van der Waals surface area contributed by atoms with Gasteiger partial charge in [0.25, 0.3) is 0 Å². The van der Waals surface area contributed by atoms with Gasteiger partial charge in [-0.3, -0.25) is 0 Å². The zero-order valence-electron chi connectivity index (χ0n) is 9.18. The third-order valence-corrected chi connectivity index (χ3v) is 4.43. The summed E-state index contributed by atoms with van der Waals surface area (Å²) in [6.45, 7) is 0. The molecule has 3 nitrogen and oxygen atoms in total. The Morgan fingerprint density at radius 2 is 2.18 bits per heavy atom. The molecule has 0 spiro atoms. The molecule has 0 bridgehead atoms. The molecular weight excluding hydrogens is 302 g/mol. The van der Waals surface area contributed by atoms with Crippen molar-refractivity contribution >= 4 is 33.0 Å². The van der Waals surface area contributed by atoms with Gasteiger partial charge in [-0.1, -0.05) is 12.1 Å². The molecule has 17 heavy (non-hydrogen) atoms. The van der Waals surface area contributed by atoms with Gasteiger partial charge in [-0.25, -0.2) is 0 Å². The SMILES string of the molecule is COc1cccc(C(O)c2sccc2Br)c1N. The quantitative estimate of drug-likeness (QED) is 0.856. The number of hydrogen-bond acceptors (Lipinski definition) is 4. The van der Waals surface area contributed by atoms with Gasteiger partial charge in [-0.15, -0.1) is 11.3 Å². The lowest BCUT2D eigenvalue weighted by Gasteiger charge is -2.14. The van der Waals surface area contributed by atoms with Crippen molar-refractivity contribution in [1.82, 2.24) is 0 Å². The van der Waals surface area contributed by atoms with E-state index in [0.29, 0.717) is 17.0 Å². The van der Waals surface area contributed by atoms with Crippen LogP contribution in [0.1, 0.15) is 16.5 Å². The van der Waals surface area contributed by atoms with Crippen LogP contribution in [-0.4, -0.2) is 12.2 Å². The Kier molecular flexibility index (Phi) is 3.71. The molecule has 1 atom stereocenters. The van der Waals surface area contributed by atoms with Crippen molar-refractivity contribution in [2.75, 3.05) is 12.8 Å². The second-order valence-electron chi connectivity index (χ2n) is 3.50. The molecule has 0 radical (unpaired) electrons. The highest BCUT2D eigenvalue weighted by molar-refractivity contribution is 9.10. The second kappa shape index (κ2) is 5.08. The average molecular weight is 314 g/mol. The summed E-state index contributed by atoms with van der Waals surface area (Å²) in [5.74, 6) is 0.578. The molecule has 0 aliphatic carbocycles. The Morgan fingerprint density at radius 1 is 1.41 bits per heavy atom. The maximum Gasteiger partial charge on any atom is 0.142 e. The van der Waals surface area contributed by atoms with E-state index in [1.165, 1.54) is 11.3 Å². The molecule has 3 N–H and O–H groups in total. The molecular formula is C12H12BrNO2S. The van der Waals surface area contributed by atoms with Gasteiger partial charge in [0.2, 0.25) is 0 Å². The summed E-state index contributed by atoms with van der Waals surface area (Å²) in [6, 6.07) is 7.29. The summed E-state index contributed by atoms with van der Waals surface area (Å²) in [5.41, 5.74) is 7.09. The largest absolute Gasteiger partial charge is 0.495 e. The molecule has 0 aliphatic heterocycles. The highest BCUT2D eigenvalue weighted by Crippen LogP contribution is 2.37. The van der Waals surface area contributed by atoms with Crippen molar-refractivity contribution in [3.8, 4) is 5.75 Å². The average Bonchev–Trinajstić information content (AvgIpc) is 2.75. The lowest BCUT2D eigenvalue weighted by Crippen LogP contribution is -2.04. The first-order valence-corrected chi connectivity index (χ1v) is 6.65. The Labute approximate surface area is 112 Å². The minimum absolute atomic E-state index is 0.475. The summed E-state index contributed by atoms with van der Waals surface area (Å²) in [5, 5.41) is 12.2. The number of halogens is 1. The monoisotopic (exact) mass is 313 g/mol. The van der Waals surface area contributed by atoms with Gasteiger partial charge in [-0.2, -0.15) is 0 Å². The molecule has 2 rings (SSSR count). The van der Waals surface area contributed by atoms with Crippen LogP contribution < -0.4 is 10.5 Å². The first kappa shape index (κ1) is 12.4. The van der Waals surface area contributed by atoms with E-state index in [4.69, 9.17) is 10.5 Å². The second-order valence-corrected chi connectivity index (χ2v) is 5.30. The van der Waals surface area contributed by atoms with Crippen molar-refractivity contribution in [3.05, 3.63) is 44.6 Å². The van der Waals surface area contributed by atoms with Gasteiger partial charge >= 0.3 is 0 Å². The van der Waals surface area contributed by atoms with Crippen LogP contribution in [0.4, 0.5) is 5.69 Å². The number of nitrogen functional groups attached to an aromatic ring is 1. The first-order valence-electron chi connectivity index (χ1n) is 4.98. The molecule has 5 heteroatoms. The maximum absolute atomic E-state index is 10.3. The highest BCUT2D eigenvalue weighted by Gasteiger charge is 2.19. The summed E-state index contributed by atoms with van der Waals surface area (Å²) in [7, 11) is 1.56. The normalized spacial score (nSPS) is 12.4. The molecule has 0 saturated heterocycles. The fourth-order valence-electron chi connectivity index (χ4n) is 1.62. The minimum Gasteiger partial charge on any atom is -0.495 e. The van der Waals surface area contributed by atoms with Crippen LogP contribution in [0.2, 0.25) is 0 Å². The van der Waals surface area contributed by atoms with Crippen LogP contribution in [0.25, 0.3) is 0 Å². The van der Waals surface area contributed by atoms with Crippen LogP contribution in [0.5, 0.6) is 5.75 Å². The number of aliphatic hydroxyl groups is 1. The Morgan fingerprint density at radius 3 is 2.76 bits per heavy atom. The number of rotatable bonds is 3. The molecule has 1 unspecified atom stereocenters. The summed E-state index contributed by atoms with van der Waals surface area (Å²) in [4.78, 5) is 0.838. The van der Waals surface area contributed by atoms with E-state index in [9.17, 15) is 5.11 Å². The molecule has 1 aromatic heterocycles. The number of hydrogen-bond donors (Lipinski definition) is 2. The van der Waals surface area contributed by atoms with Gasteiger partial charge in [0.15, 0.2) is 0 Å². The number of thiophene rings is 1. The van der Waals surface area contributed by atoms with E-state index in [1.807, 2.05) is 17.5 Å². The summed E-state index contributed by atoms with van der Waals surface area (Å²) >= 11 is 4.88. The maximum atomic E-state index is 10.3.